The van der Waals surface area contributed by atoms with Crippen molar-refractivity contribution in [3.8, 4) is 0 Å². The van der Waals surface area contributed by atoms with E-state index in [9.17, 15) is 0 Å². The fourth-order valence-electron chi connectivity index (χ4n) is 3.09. The van der Waals surface area contributed by atoms with Gasteiger partial charge >= 0.3 is 0 Å². The third-order valence-corrected chi connectivity index (χ3v) is 5.70. The molecule has 1 fully saturated rings. The topological polar surface area (TPSA) is 20.5 Å². The zero-order valence-corrected chi connectivity index (χ0v) is 12.9. The average Bonchev–Trinajstić information content (AvgIpc) is 3.16. The summed E-state index contributed by atoms with van der Waals surface area (Å²) in [5, 5.41) is 6.58. The maximum atomic E-state index is 4.69. The number of aromatic nitrogens is 2. The van der Waals surface area contributed by atoms with Crippen molar-refractivity contribution >= 4 is 27.5 Å². The monoisotopic (exact) mass is 303 g/mol. The second-order valence-electron chi connectivity index (χ2n) is 5.36. The van der Waals surface area contributed by atoms with Gasteiger partial charge in [-0.05, 0) is 41.8 Å². The quantitative estimate of drug-likeness (QED) is 0.723. The maximum absolute atomic E-state index is 4.69. The Hall–Kier alpha value is -1.17. The Morgan fingerprint density at radius 3 is 3.20 bits per heavy atom. The van der Waals surface area contributed by atoms with Crippen LogP contribution in [-0.2, 0) is 6.54 Å². The van der Waals surface area contributed by atoms with Crippen molar-refractivity contribution < 1.29 is 0 Å². The summed E-state index contributed by atoms with van der Waals surface area (Å²) in [6.07, 6.45) is 7.91. The van der Waals surface area contributed by atoms with E-state index >= 15 is 0 Å². The van der Waals surface area contributed by atoms with Crippen LogP contribution in [0.3, 0.4) is 0 Å². The van der Waals surface area contributed by atoms with Gasteiger partial charge in [-0.15, -0.1) is 11.3 Å². The molecule has 1 atom stereocenters. The number of piperidine rings is 1. The molecular formula is C15H17N3S2. The van der Waals surface area contributed by atoms with E-state index < -0.39 is 0 Å². The Kier molecular flexibility index (Phi) is 3.34. The Labute approximate surface area is 126 Å². The molecule has 0 radical (unpaired) electrons. The molecule has 3 nitrogen and oxygen atoms in total. The van der Waals surface area contributed by atoms with Crippen molar-refractivity contribution in [1.82, 2.24) is 14.3 Å². The van der Waals surface area contributed by atoms with E-state index in [1.807, 2.05) is 6.33 Å². The molecule has 0 unspecified atom stereocenters. The van der Waals surface area contributed by atoms with Crippen molar-refractivity contribution in [3.63, 3.8) is 0 Å². The van der Waals surface area contributed by atoms with Crippen molar-refractivity contribution in [3.05, 3.63) is 46.0 Å². The number of hydrogen-bond donors (Lipinski definition) is 0. The van der Waals surface area contributed by atoms with Crippen molar-refractivity contribution in [1.29, 1.82) is 0 Å². The molecule has 1 aliphatic heterocycles. The predicted molar refractivity (Wildman–Crippen MR) is 84.4 cm³/mol. The molecule has 104 valence electrons. The lowest BCUT2D eigenvalue weighted by atomic mass is 9.99. The lowest BCUT2D eigenvalue weighted by molar-refractivity contribution is 0.139. The SMILES string of the molecule is c1cc(CN2CCCC[C@@H]2c2ncn3ccsc23)cs1. The fraction of sp³-hybridized carbons (Fsp3) is 0.400. The highest BCUT2D eigenvalue weighted by Gasteiger charge is 2.27. The maximum Gasteiger partial charge on any atom is 0.124 e. The molecule has 0 aromatic carbocycles. The number of thiophene rings is 1. The molecule has 4 heterocycles. The Morgan fingerprint density at radius 1 is 1.30 bits per heavy atom. The van der Waals surface area contributed by atoms with E-state index in [0.717, 1.165) is 6.54 Å². The molecule has 1 saturated heterocycles. The van der Waals surface area contributed by atoms with Crippen LogP contribution >= 0.6 is 22.7 Å². The van der Waals surface area contributed by atoms with E-state index in [-0.39, 0.29) is 0 Å². The van der Waals surface area contributed by atoms with Crippen LogP contribution < -0.4 is 0 Å². The fourth-order valence-corrected chi connectivity index (χ4v) is 4.61. The Morgan fingerprint density at radius 2 is 2.30 bits per heavy atom. The number of imidazole rings is 1. The highest BCUT2D eigenvalue weighted by Crippen LogP contribution is 2.34. The van der Waals surface area contributed by atoms with Crippen molar-refractivity contribution in [2.75, 3.05) is 6.54 Å². The van der Waals surface area contributed by atoms with Crippen LogP contribution in [-0.4, -0.2) is 20.8 Å². The summed E-state index contributed by atoms with van der Waals surface area (Å²) >= 11 is 3.59. The number of fused-ring (bicyclic) bond motifs is 1. The second-order valence-corrected chi connectivity index (χ2v) is 7.03. The van der Waals surface area contributed by atoms with Gasteiger partial charge in [0.1, 0.15) is 11.2 Å². The van der Waals surface area contributed by atoms with E-state index in [1.165, 1.54) is 41.9 Å². The molecule has 3 aromatic rings. The summed E-state index contributed by atoms with van der Waals surface area (Å²) in [5.41, 5.74) is 2.71. The van der Waals surface area contributed by atoms with Crippen LogP contribution in [0, 0.1) is 0 Å². The zero-order chi connectivity index (χ0) is 13.4. The summed E-state index contributed by atoms with van der Waals surface area (Å²) < 4.78 is 2.15. The van der Waals surface area contributed by atoms with Crippen LogP contribution in [0.4, 0.5) is 0 Å². The number of likely N-dealkylation sites (tertiary alicyclic amines) is 1. The van der Waals surface area contributed by atoms with Crippen LogP contribution in [0.2, 0.25) is 0 Å². The molecule has 0 bridgehead atoms. The second kappa shape index (κ2) is 5.31. The number of nitrogens with zero attached hydrogens (tertiary/aromatic N) is 3. The molecule has 0 N–H and O–H groups in total. The zero-order valence-electron chi connectivity index (χ0n) is 11.2. The highest BCUT2D eigenvalue weighted by atomic mass is 32.1. The van der Waals surface area contributed by atoms with Gasteiger partial charge < -0.3 is 0 Å². The van der Waals surface area contributed by atoms with E-state index in [2.05, 4.69) is 37.7 Å². The molecule has 4 rings (SSSR count). The summed E-state index contributed by atoms with van der Waals surface area (Å²) in [6.45, 7) is 2.24. The van der Waals surface area contributed by atoms with Gasteiger partial charge in [-0.2, -0.15) is 11.3 Å². The van der Waals surface area contributed by atoms with Crippen LogP contribution in [0.25, 0.3) is 4.83 Å². The molecule has 0 saturated carbocycles. The normalized spacial score (nSPS) is 20.7. The standard InChI is InChI=1S/C15H17N3S2/c1-2-5-17(9-12-4-7-19-10-12)13(3-1)14-15-18(11-16-14)6-8-20-15/h4,6-8,10-11,13H,1-3,5,9H2/t13-/m1/s1. The van der Waals surface area contributed by atoms with Gasteiger partial charge in [-0.25, -0.2) is 4.98 Å². The third-order valence-electron chi connectivity index (χ3n) is 4.07. The van der Waals surface area contributed by atoms with Gasteiger partial charge in [0, 0.05) is 18.1 Å². The van der Waals surface area contributed by atoms with Gasteiger partial charge in [0.25, 0.3) is 0 Å². The lowest BCUT2D eigenvalue weighted by Crippen LogP contribution is -2.33. The molecule has 0 aliphatic carbocycles. The van der Waals surface area contributed by atoms with E-state index in [0.29, 0.717) is 6.04 Å². The highest BCUT2D eigenvalue weighted by molar-refractivity contribution is 7.15. The summed E-state index contributed by atoms with van der Waals surface area (Å²) in [5.74, 6) is 0. The van der Waals surface area contributed by atoms with Crippen LogP contribution in [0.1, 0.15) is 36.6 Å². The molecule has 5 heteroatoms. The predicted octanol–water partition coefficient (Wildman–Crippen LogP) is 4.18. The third kappa shape index (κ3) is 2.20. The van der Waals surface area contributed by atoms with Gasteiger partial charge in [0.05, 0.1) is 11.7 Å². The minimum absolute atomic E-state index is 0.479. The molecule has 3 aromatic heterocycles. The molecule has 1 aliphatic rings. The first-order valence-electron chi connectivity index (χ1n) is 7.07. The van der Waals surface area contributed by atoms with E-state index in [4.69, 9.17) is 4.98 Å². The largest absolute Gasteiger partial charge is 0.297 e. The summed E-state index contributed by atoms with van der Waals surface area (Å²) in [4.78, 5) is 8.61. The first kappa shape index (κ1) is 12.6. The van der Waals surface area contributed by atoms with Crippen LogP contribution in [0.5, 0.6) is 0 Å². The summed E-state index contributed by atoms with van der Waals surface area (Å²) in [7, 11) is 0. The Bertz CT molecular complexity index is 683. The molecule has 0 amide bonds. The molecule has 0 spiro atoms. The van der Waals surface area contributed by atoms with Gasteiger partial charge in [0.15, 0.2) is 0 Å². The first-order chi connectivity index (χ1) is 9.92. The smallest absolute Gasteiger partial charge is 0.124 e. The minimum Gasteiger partial charge on any atom is -0.297 e. The minimum atomic E-state index is 0.479. The Balaban J connectivity index is 1.65. The summed E-state index contributed by atoms with van der Waals surface area (Å²) in [6, 6.07) is 2.72. The van der Waals surface area contributed by atoms with Gasteiger partial charge in [-0.3, -0.25) is 9.30 Å². The van der Waals surface area contributed by atoms with Crippen molar-refractivity contribution in [2.24, 2.45) is 0 Å². The van der Waals surface area contributed by atoms with Gasteiger partial charge in [-0.1, -0.05) is 6.42 Å². The van der Waals surface area contributed by atoms with Crippen molar-refractivity contribution in [2.45, 2.75) is 31.8 Å². The molecular weight excluding hydrogens is 286 g/mol. The number of rotatable bonds is 3. The van der Waals surface area contributed by atoms with Gasteiger partial charge in [0.2, 0.25) is 0 Å². The first-order valence-corrected chi connectivity index (χ1v) is 8.89. The molecule has 20 heavy (non-hydrogen) atoms. The van der Waals surface area contributed by atoms with E-state index in [1.54, 1.807) is 22.7 Å². The van der Waals surface area contributed by atoms with Crippen LogP contribution in [0.15, 0.2) is 34.7 Å². The average molecular weight is 303 g/mol. The number of hydrogen-bond acceptors (Lipinski definition) is 4. The number of thiazole rings is 1. The lowest BCUT2D eigenvalue weighted by Gasteiger charge is -2.34.